The van der Waals surface area contributed by atoms with E-state index in [9.17, 15) is 4.79 Å². The summed E-state index contributed by atoms with van der Waals surface area (Å²) in [4.78, 5) is 11.6. The molecule has 0 unspecified atom stereocenters. The zero-order chi connectivity index (χ0) is 14.5. The topological polar surface area (TPSA) is 35.5 Å². The molecular formula is C16H15BrO3. The normalized spacial score (nSPS) is 10.2. The molecule has 0 spiro atoms. The van der Waals surface area contributed by atoms with Crippen molar-refractivity contribution in [2.24, 2.45) is 0 Å². The molecular weight excluding hydrogens is 320 g/mol. The Morgan fingerprint density at radius 1 is 1.10 bits per heavy atom. The van der Waals surface area contributed by atoms with Crippen LogP contribution in [0.25, 0.3) is 0 Å². The van der Waals surface area contributed by atoms with E-state index in [-0.39, 0.29) is 5.78 Å². The molecule has 0 amide bonds. The van der Waals surface area contributed by atoms with Gasteiger partial charge in [-0.15, -0.1) is 0 Å². The second-order valence-corrected chi connectivity index (χ2v) is 5.12. The first-order chi connectivity index (χ1) is 9.60. The van der Waals surface area contributed by atoms with Gasteiger partial charge in [0.2, 0.25) is 0 Å². The molecule has 2 rings (SSSR count). The van der Waals surface area contributed by atoms with E-state index in [1.165, 1.54) is 6.92 Å². The molecule has 0 bridgehead atoms. The van der Waals surface area contributed by atoms with E-state index in [0.29, 0.717) is 23.7 Å². The largest absolute Gasteiger partial charge is 0.494 e. The number of benzene rings is 2. The fourth-order valence-electron chi connectivity index (χ4n) is 1.76. The summed E-state index contributed by atoms with van der Waals surface area (Å²) in [6.07, 6.45) is 0. The number of hydrogen-bond acceptors (Lipinski definition) is 3. The van der Waals surface area contributed by atoms with E-state index in [1.807, 2.05) is 37.3 Å². The number of Topliss-reactive ketones (excluding diaryl/α,β-unsaturated/α-hetero) is 1. The molecule has 4 heteroatoms. The fourth-order valence-corrected chi connectivity index (χ4v) is 2.12. The van der Waals surface area contributed by atoms with Crippen LogP contribution in [0.5, 0.6) is 17.2 Å². The highest BCUT2D eigenvalue weighted by Gasteiger charge is 2.10. The summed E-state index contributed by atoms with van der Waals surface area (Å²) in [6.45, 7) is 4.08. The lowest BCUT2D eigenvalue weighted by Gasteiger charge is -2.10. The SMILES string of the molecule is CCOc1ccc(Oc2ccc(Br)cc2C(C)=O)cc1. The van der Waals surface area contributed by atoms with Crippen molar-refractivity contribution >= 4 is 21.7 Å². The van der Waals surface area contributed by atoms with Crippen LogP contribution >= 0.6 is 15.9 Å². The van der Waals surface area contributed by atoms with Gasteiger partial charge >= 0.3 is 0 Å². The minimum atomic E-state index is -0.0350. The lowest BCUT2D eigenvalue weighted by molar-refractivity contribution is 0.101. The third-order valence-corrected chi connectivity index (χ3v) is 3.18. The molecule has 0 fully saturated rings. The summed E-state index contributed by atoms with van der Waals surface area (Å²) in [6, 6.07) is 12.7. The summed E-state index contributed by atoms with van der Waals surface area (Å²) in [5.74, 6) is 1.97. The van der Waals surface area contributed by atoms with Crippen molar-refractivity contribution in [2.75, 3.05) is 6.61 Å². The number of ketones is 1. The minimum absolute atomic E-state index is 0.0350. The first kappa shape index (κ1) is 14.6. The number of carbonyl (C=O) groups is 1. The van der Waals surface area contributed by atoms with Crippen LogP contribution in [0.15, 0.2) is 46.9 Å². The molecule has 0 aliphatic rings. The lowest BCUT2D eigenvalue weighted by atomic mass is 10.1. The number of halogens is 1. The number of hydrogen-bond donors (Lipinski definition) is 0. The molecule has 20 heavy (non-hydrogen) atoms. The van der Waals surface area contributed by atoms with Crippen LogP contribution in [0, 0.1) is 0 Å². The maximum Gasteiger partial charge on any atom is 0.163 e. The molecule has 0 N–H and O–H groups in total. The fraction of sp³-hybridized carbons (Fsp3) is 0.188. The van der Waals surface area contributed by atoms with Crippen molar-refractivity contribution in [3.8, 4) is 17.2 Å². The first-order valence-corrected chi connectivity index (χ1v) is 7.10. The van der Waals surface area contributed by atoms with Crippen molar-refractivity contribution in [1.29, 1.82) is 0 Å². The Labute approximate surface area is 126 Å². The highest BCUT2D eigenvalue weighted by molar-refractivity contribution is 9.10. The molecule has 0 aromatic heterocycles. The third-order valence-electron chi connectivity index (χ3n) is 2.68. The zero-order valence-electron chi connectivity index (χ0n) is 11.4. The number of ether oxygens (including phenoxy) is 2. The Balaban J connectivity index is 2.23. The van der Waals surface area contributed by atoms with E-state index in [0.717, 1.165) is 10.2 Å². The summed E-state index contributed by atoms with van der Waals surface area (Å²) >= 11 is 3.35. The zero-order valence-corrected chi connectivity index (χ0v) is 12.9. The van der Waals surface area contributed by atoms with Crippen LogP contribution < -0.4 is 9.47 Å². The lowest BCUT2D eigenvalue weighted by Crippen LogP contribution is -1.97. The van der Waals surface area contributed by atoms with Gasteiger partial charge in [-0.2, -0.15) is 0 Å². The number of carbonyl (C=O) groups excluding carboxylic acids is 1. The van der Waals surface area contributed by atoms with Gasteiger partial charge in [0.15, 0.2) is 5.78 Å². The quantitative estimate of drug-likeness (QED) is 0.733. The van der Waals surface area contributed by atoms with Gasteiger partial charge in [-0.05, 0) is 56.3 Å². The van der Waals surface area contributed by atoms with Crippen LogP contribution in [0.4, 0.5) is 0 Å². The second-order valence-electron chi connectivity index (χ2n) is 4.20. The predicted molar refractivity (Wildman–Crippen MR) is 81.8 cm³/mol. The van der Waals surface area contributed by atoms with E-state index in [4.69, 9.17) is 9.47 Å². The monoisotopic (exact) mass is 334 g/mol. The summed E-state index contributed by atoms with van der Waals surface area (Å²) in [5.41, 5.74) is 0.549. The summed E-state index contributed by atoms with van der Waals surface area (Å²) < 4.78 is 12.0. The van der Waals surface area contributed by atoms with E-state index in [2.05, 4.69) is 15.9 Å². The molecule has 3 nitrogen and oxygen atoms in total. The van der Waals surface area contributed by atoms with Crippen LogP contribution in [0.2, 0.25) is 0 Å². The Kier molecular flexibility index (Phi) is 4.79. The Hall–Kier alpha value is -1.81. The van der Waals surface area contributed by atoms with Crippen molar-refractivity contribution < 1.29 is 14.3 Å². The molecule has 0 saturated heterocycles. The minimum Gasteiger partial charge on any atom is -0.494 e. The van der Waals surface area contributed by atoms with Crippen molar-refractivity contribution in [3.63, 3.8) is 0 Å². The van der Waals surface area contributed by atoms with Crippen LogP contribution in [-0.2, 0) is 0 Å². The Morgan fingerprint density at radius 3 is 2.35 bits per heavy atom. The first-order valence-electron chi connectivity index (χ1n) is 6.31. The van der Waals surface area contributed by atoms with Gasteiger partial charge in [0, 0.05) is 4.47 Å². The molecule has 0 aliphatic carbocycles. The van der Waals surface area contributed by atoms with Crippen molar-refractivity contribution in [3.05, 3.63) is 52.5 Å². The van der Waals surface area contributed by atoms with Crippen molar-refractivity contribution in [2.45, 2.75) is 13.8 Å². The van der Waals surface area contributed by atoms with Gasteiger partial charge < -0.3 is 9.47 Å². The molecule has 2 aromatic rings. The van der Waals surface area contributed by atoms with Gasteiger partial charge in [-0.3, -0.25) is 4.79 Å². The van der Waals surface area contributed by atoms with Gasteiger partial charge in [0.1, 0.15) is 17.2 Å². The average Bonchev–Trinajstić information content (AvgIpc) is 2.43. The molecule has 0 aliphatic heterocycles. The highest BCUT2D eigenvalue weighted by atomic mass is 79.9. The average molecular weight is 335 g/mol. The van der Waals surface area contributed by atoms with Gasteiger partial charge in [-0.25, -0.2) is 0 Å². The predicted octanol–water partition coefficient (Wildman–Crippen LogP) is 4.84. The molecule has 104 valence electrons. The van der Waals surface area contributed by atoms with Crippen LogP contribution in [-0.4, -0.2) is 12.4 Å². The van der Waals surface area contributed by atoms with E-state index >= 15 is 0 Å². The number of rotatable bonds is 5. The van der Waals surface area contributed by atoms with Gasteiger partial charge in [-0.1, -0.05) is 15.9 Å². The molecule has 2 aromatic carbocycles. The maximum atomic E-state index is 11.6. The molecule has 0 radical (unpaired) electrons. The molecule has 0 atom stereocenters. The Bertz CT molecular complexity index is 606. The van der Waals surface area contributed by atoms with Gasteiger partial charge in [0.25, 0.3) is 0 Å². The smallest absolute Gasteiger partial charge is 0.163 e. The maximum absolute atomic E-state index is 11.6. The second kappa shape index (κ2) is 6.57. The van der Waals surface area contributed by atoms with Gasteiger partial charge in [0.05, 0.1) is 12.2 Å². The highest BCUT2D eigenvalue weighted by Crippen LogP contribution is 2.29. The standard InChI is InChI=1S/C16H15BrO3/c1-3-19-13-5-7-14(8-6-13)20-16-9-4-12(17)10-15(16)11(2)18/h4-10H,3H2,1-2H3. The van der Waals surface area contributed by atoms with Crippen LogP contribution in [0.3, 0.4) is 0 Å². The Morgan fingerprint density at radius 2 is 1.75 bits per heavy atom. The van der Waals surface area contributed by atoms with Crippen molar-refractivity contribution in [1.82, 2.24) is 0 Å². The summed E-state index contributed by atoms with van der Waals surface area (Å²) in [7, 11) is 0. The van der Waals surface area contributed by atoms with E-state index < -0.39 is 0 Å². The third kappa shape index (κ3) is 3.61. The molecule has 0 heterocycles. The van der Waals surface area contributed by atoms with Crippen LogP contribution in [0.1, 0.15) is 24.2 Å². The summed E-state index contributed by atoms with van der Waals surface area (Å²) in [5, 5.41) is 0. The molecule has 0 saturated carbocycles. The van der Waals surface area contributed by atoms with E-state index in [1.54, 1.807) is 12.1 Å².